The summed E-state index contributed by atoms with van der Waals surface area (Å²) in [5.41, 5.74) is 3.60. The minimum absolute atomic E-state index is 0.0211. The number of nitrogens with one attached hydrogen (secondary N) is 1. The Morgan fingerprint density at radius 2 is 1.67 bits per heavy atom. The first-order chi connectivity index (χ1) is 9.88. The number of carbonyl (C=O) groups is 2. The Labute approximate surface area is 123 Å². The van der Waals surface area contributed by atoms with E-state index in [-0.39, 0.29) is 17.2 Å². The number of hydrogen-bond donors (Lipinski definition) is 1. The summed E-state index contributed by atoms with van der Waals surface area (Å²) in [5.74, 6) is -1.65. The van der Waals surface area contributed by atoms with Crippen molar-refractivity contribution < 1.29 is 14.7 Å². The molecule has 4 nitrogen and oxygen atoms in total. The van der Waals surface area contributed by atoms with Gasteiger partial charge in [-0.3, -0.25) is 4.79 Å². The van der Waals surface area contributed by atoms with E-state index < -0.39 is 5.97 Å². The van der Waals surface area contributed by atoms with Crippen molar-refractivity contribution >= 4 is 17.6 Å². The van der Waals surface area contributed by atoms with Gasteiger partial charge in [0, 0.05) is 11.1 Å². The fourth-order valence-corrected chi connectivity index (χ4v) is 2.01. The lowest BCUT2D eigenvalue weighted by Crippen LogP contribution is -2.25. The molecule has 0 bridgehead atoms. The van der Waals surface area contributed by atoms with Crippen LogP contribution in [0, 0.1) is 20.8 Å². The molecule has 0 atom stereocenters. The minimum Gasteiger partial charge on any atom is -0.545 e. The molecule has 2 aromatic carbocycles. The second-order valence-electron chi connectivity index (χ2n) is 5.09. The zero-order valence-electron chi connectivity index (χ0n) is 12.2. The van der Waals surface area contributed by atoms with E-state index in [1.54, 1.807) is 31.2 Å². The molecule has 1 N–H and O–H groups in total. The number of carboxylic acid groups (broad SMARTS) is 1. The van der Waals surface area contributed by atoms with Crippen molar-refractivity contribution in [2.24, 2.45) is 0 Å². The lowest BCUT2D eigenvalue weighted by atomic mass is 10.1. The van der Waals surface area contributed by atoms with Crippen molar-refractivity contribution in [2.75, 3.05) is 5.32 Å². The van der Waals surface area contributed by atoms with Crippen LogP contribution in [0.15, 0.2) is 36.4 Å². The first-order valence-electron chi connectivity index (χ1n) is 6.59. The number of anilines is 1. The second-order valence-corrected chi connectivity index (χ2v) is 5.09. The first kappa shape index (κ1) is 14.8. The van der Waals surface area contributed by atoms with Gasteiger partial charge in [0.05, 0.1) is 11.7 Å². The molecule has 0 aliphatic heterocycles. The first-order valence-corrected chi connectivity index (χ1v) is 6.59. The largest absolute Gasteiger partial charge is 0.545 e. The van der Waals surface area contributed by atoms with Crippen LogP contribution in [-0.2, 0) is 0 Å². The number of aryl methyl sites for hydroxylation is 3. The Morgan fingerprint density at radius 3 is 2.29 bits per heavy atom. The van der Waals surface area contributed by atoms with Crippen LogP contribution in [-0.4, -0.2) is 11.9 Å². The Hall–Kier alpha value is -2.62. The number of aromatic carboxylic acids is 1. The third-order valence-electron chi connectivity index (χ3n) is 3.41. The zero-order chi connectivity index (χ0) is 15.6. The van der Waals surface area contributed by atoms with E-state index >= 15 is 0 Å². The van der Waals surface area contributed by atoms with Crippen molar-refractivity contribution in [3.63, 3.8) is 0 Å². The molecule has 0 saturated heterocycles. The molecule has 1 amide bonds. The fraction of sp³-hybridized carbons (Fsp3) is 0.176. The van der Waals surface area contributed by atoms with Crippen LogP contribution in [0.2, 0.25) is 0 Å². The Bertz CT molecular complexity index is 720. The summed E-state index contributed by atoms with van der Waals surface area (Å²) in [6, 6.07) is 10.1. The van der Waals surface area contributed by atoms with Crippen LogP contribution in [0.25, 0.3) is 0 Å². The van der Waals surface area contributed by atoms with Gasteiger partial charge in [0.15, 0.2) is 0 Å². The van der Waals surface area contributed by atoms with Crippen molar-refractivity contribution in [3.05, 3.63) is 64.2 Å². The van der Waals surface area contributed by atoms with Gasteiger partial charge in [-0.05, 0) is 56.2 Å². The average Bonchev–Trinajstić information content (AvgIpc) is 2.43. The van der Waals surface area contributed by atoms with E-state index in [0.29, 0.717) is 5.56 Å². The predicted octanol–water partition coefficient (Wildman–Crippen LogP) is 2.23. The van der Waals surface area contributed by atoms with E-state index in [4.69, 9.17) is 0 Å². The monoisotopic (exact) mass is 282 g/mol. The second kappa shape index (κ2) is 5.79. The van der Waals surface area contributed by atoms with Crippen LogP contribution in [0.5, 0.6) is 0 Å². The van der Waals surface area contributed by atoms with Gasteiger partial charge in [-0.25, -0.2) is 0 Å². The average molecular weight is 282 g/mol. The molecular formula is C17H16NO3-. The summed E-state index contributed by atoms with van der Waals surface area (Å²) in [7, 11) is 0. The van der Waals surface area contributed by atoms with Crippen molar-refractivity contribution in [1.82, 2.24) is 0 Å². The topological polar surface area (TPSA) is 69.2 Å². The standard InChI is InChI=1S/C17H17NO3/c1-10-4-7-15(14(8-10)17(20)21)18-16(19)13-6-5-11(2)12(3)9-13/h4-9H,1-3H3,(H,18,19)(H,20,21)/p-1. The lowest BCUT2D eigenvalue weighted by molar-refractivity contribution is -0.254. The quantitative estimate of drug-likeness (QED) is 0.938. The highest BCUT2D eigenvalue weighted by atomic mass is 16.4. The van der Waals surface area contributed by atoms with Crippen LogP contribution >= 0.6 is 0 Å². The molecule has 0 spiro atoms. The molecule has 0 aliphatic rings. The number of rotatable bonds is 3. The zero-order valence-corrected chi connectivity index (χ0v) is 12.2. The maximum atomic E-state index is 12.2. The van der Waals surface area contributed by atoms with Crippen molar-refractivity contribution in [2.45, 2.75) is 20.8 Å². The van der Waals surface area contributed by atoms with Gasteiger partial charge in [0.2, 0.25) is 0 Å². The maximum Gasteiger partial charge on any atom is 0.255 e. The van der Waals surface area contributed by atoms with E-state index in [2.05, 4.69) is 5.32 Å². The number of carboxylic acids is 1. The summed E-state index contributed by atoms with van der Waals surface area (Å²) in [6.07, 6.45) is 0. The van der Waals surface area contributed by atoms with E-state index in [9.17, 15) is 14.7 Å². The third kappa shape index (κ3) is 3.28. The third-order valence-corrected chi connectivity index (χ3v) is 3.41. The maximum absolute atomic E-state index is 12.2. The van der Waals surface area contributed by atoms with E-state index in [1.165, 1.54) is 6.07 Å². The molecule has 4 heteroatoms. The highest BCUT2D eigenvalue weighted by Gasteiger charge is 2.10. The van der Waals surface area contributed by atoms with Crippen LogP contribution in [0.4, 0.5) is 5.69 Å². The number of carbonyl (C=O) groups excluding carboxylic acids is 2. The molecule has 2 aromatic rings. The summed E-state index contributed by atoms with van der Waals surface area (Å²) in [4.78, 5) is 23.3. The number of hydrogen-bond acceptors (Lipinski definition) is 3. The smallest absolute Gasteiger partial charge is 0.255 e. The molecule has 0 heterocycles. The highest BCUT2D eigenvalue weighted by molar-refractivity contribution is 6.07. The summed E-state index contributed by atoms with van der Waals surface area (Å²) in [6.45, 7) is 5.66. The van der Waals surface area contributed by atoms with Crippen LogP contribution < -0.4 is 10.4 Å². The molecule has 108 valence electrons. The summed E-state index contributed by atoms with van der Waals surface area (Å²) >= 11 is 0. The number of amides is 1. The van der Waals surface area contributed by atoms with Gasteiger partial charge in [0.25, 0.3) is 5.91 Å². The van der Waals surface area contributed by atoms with E-state index in [1.807, 2.05) is 19.9 Å². The lowest BCUT2D eigenvalue weighted by Gasteiger charge is -2.13. The fourth-order valence-electron chi connectivity index (χ4n) is 2.01. The molecule has 0 saturated carbocycles. The molecule has 2 rings (SSSR count). The molecular weight excluding hydrogens is 266 g/mol. The van der Waals surface area contributed by atoms with Crippen LogP contribution in [0.1, 0.15) is 37.4 Å². The molecule has 21 heavy (non-hydrogen) atoms. The summed E-state index contributed by atoms with van der Waals surface area (Å²) in [5, 5.41) is 13.8. The highest BCUT2D eigenvalue weighted by Crippen LogP contribution is 2.18. The van der Waals surface area contributed by atoms with Gasteiger partial charge in [-0.2, -0.15) is 0 Å². The normalized spacial score (nSPS) is 10.2. The van der Waals surface area contributed by atoms with Crippen molar-refractivity contribution in [3.8, 4) is 0 Å². The van der Waals surface area contributed by atoms with Gasteiger partial charge in [0.1, 0.15) is 0 Å². The molecule has 0 aliphatic carbocycles. The molecule has 0 fully saturated rings. The SMILES string of the molecule is Cc1ccc(NC(=O)c2ccc(C)c(C)c2)c(C(=O)[O-])c1. The summed E-state index contributed by atoms with van der Waals surface area (Å²) < 4.78 is 0. The van der Waals surface area contributed by atoms with Gasteiger partial charge < -0.3 is 15.2 Å². The van der Waals surface area contributed by atoms with Gasteiger partial charge in [-0.15, -0.1) is 0 Å². The van der Waals surface area contributed by atoms with Gasteiger partial charge in [-0.1, -0.05) is 17.7 Å². The Morgan fingerprint density at radius 1 is 0.952 bits per heavy atom. The Kier molecular flexibility index (Phi) is 4.08. The molecule has 0 radical (unpaired) electrons. The van der Waals surface area contributed by atoms with Crippen molar-refractivity contribution in [1.29, 1.82) is 0 Å². The Balaban J connectivity index is 2.31. The minimum atomic E-state index is -1.31. The van der Waals surface area contributed by atoms with E-state index in [0.717, 1.165) is 16.7 Å². The predicted molar refractivity (Wildman–Crippen MR) is 79.4 cm³/mol. The number of benzene rings is 2. The van der Waals surface area contributed by atoms with Crippen LogP contribution in [0.3, 0.4) is 0 Å². The molecule has 0 aromatic heterocycles. The molecule has 0 unspecified atom stereocenters. The van der Waals surface area contributed by atoms with Gasteiger partial charge >= 0.3 is 0 Å².